The van der Waals surface area contributed by atoms with E-state index in [-0.39, 0.29) is 17.4 Å². The van der Waals surface area contributed by atoms with Gasteiger partial charge in [-0.2, -0.15) is 0 Å². The SMILES string of the molecule is O=S1(=O)CCC(C(O)Cc2ccccc2Br)C1. The lowest BCUT2D eigenvalue weighted by Crippen LogP contribution is -2.24. The van der Waals surface area contributed by atoms with Crippen molar-refractivity contribution in [2.24, 2.45) is 5.92 Å². The molecule has 1 N–H and O–H groups in total. The van der Waals surface area contributed by atoms with Gasteiger partial charge in [-0.1, -0.05) is 34.1 Å². The number of hydrogen-bond donors (Lipinski definition) is 1. The highest BCUT2D eigenvalue weighted by Crippen LogP contribution is 2.26. The maximum atomic E-state index is 11.3. The fourth-order valence-electron chi connectivity index (χ4n) is 2.18. The Morgan fingerprint density at radius 2 is 2.12 bits per heavy atom. The Kier molecular flexibility index (Phi) is 3.90. The van der Waals surface area contributed by atoms with Crippen molar-refractivity contribution in [1.82, 2.24) is 0 Å². The predicted molar refractivity (Wildman–Crippen MR) is 70.6 cm³/mol. The fourth-order valence-corrected chi connectivity index (χ4v) is 4.50. The molecule has 0 aliphatic carbocycles. The molecule has 0 radical (unpaired) electrons. The van der Waals surface area contributed by atoms with E-state index in [1.165, 1.54) is 0 Å². The smallest absolute Gasteiger partial charge is 0.150 e. The Bertz CT molecular complexity index is 498. The van der Waals surface area contributed by atoms with Crippen LogP contribution in [0, 0.1) is 5.92 Å². The summed E-state index contributed by atoms with van der Waals surface area (Å²) in [5.41, 5.74) is 1.02. The van der Waals surface area contributed by atoms with Crippen molar-refractivity contribution >= 4 is 25.8 Å². The summed E-state index contributed by atoms with van der Waals surface area (Å²) in [6, 6.07) is 7.70. The van der Waals surface area contributed by atoms with Gasteiger partial charge in [-0.05, 0) is 24.5 Å². The van der Waals surface area contributed by atoms with E-state index in [1.807, 2.05) is 24.3 Å². The maximum Gasteiger partial charge on any atom is 0.150 e. The van der Waals surface area contributed by atoms with Crippen molar-refractivity contribution in [2.45, 2.75) is 18.9 Å². The molecule has 5 heteroatoms. The topological polar surface area (TPSA) is 54.4 Å². The molecule has 1 aliphatic heterocycles. The largest absolute Gasteiger partial charge is 0.392 e. The van der Waals surface area contributed by atoms with Gasteiger partial charge >= 0.3 is 0 Å². The van der Waals surface area contributed by atoms with Gasteiger partial charge in [-0.25, -0.2) is 8.42 Å². The third-order valence-corrected chi connectivity index (χ3v) is 5.77. The molecule has 0 saturated carbocycles. The average Bonchev–Trinajstić information content (AvgIpc) is 2.62. The minimum absolute atomic E-state index is 0.118. The molecule has 0 bridgehead atoms. The lowest BCUT2D eigenvalue weighted by Gasteiger charge is -2.17. The van der Waals surface area contributed by atoms with Crippen molar-refractivity contribution in [3.63, 3.8) is 0 Å². The third-order valence-electron chi connectivity index (χ3n) is 3.20. The van der Waals surface area contributed by atoms with E-state index in [4.69, 9.17) is 0 Å². The maximum absolute atomic E-state index is 11.3. The van der Waals surface area contributed by atoms with Crippen LogP contribution in [-0.4, -0.2) is 31.1 Å². The van der Waals surface area contributed by atoms with Gasteiger partial charge in [-0.3, -0.25) is 0 Å². The van der Waals surface area contributed by atoms with Gasteiger partial charge < -0.3 is 5.11 Å². The van der Waals surface area contributed by atoms with Crippen LogP contribution in [0.15, 0.2) is 28.7 Å². The first-order valence-corrected chi connectivity index (χ1v) is 8.21. The Morgan fingerprint density at radius 3 is 2.71 bits per heavy atom. The molecular weight excluding hydrogens is 304 g/mol. The molecule has 0 spiro atoms. The fraction of sp³-hybridized carbons (Fsp3) is 0.500. The quantitative estimate of drug-likeness (QED) is 0.924. The second-order valence-corrected chi connectivity index (χ2v) is 7.61. The van der Waals surface area contributed by atoms with Crippen LogP contribution in [0.3, 0.4) is 0 Å². The van der Waals surface area contributed by atoms with Gasteiger partial charge in [0, 0.05) is 10.4 Å². The summed E-state index contributed by atoms with van der Waals surface area (Å²) < 4.78 is 23.6. The number of sulfone groups is 1. The van der Waals surface area contributed by atoms with E-state index in [1.54, 1.807) is 0 Å². The number of aliphatic hydroxyl groups is 1. The number of rotatable bonds is 3. The average molecular weight is 319 g/mol. The minimum atomic E-state index is -2.91. The summed E-state index contributed by atoms with van der Waals surface area (Å²) in [5.74, 6) is 0.218. The molecule has 3 nitrogen and oxygen atoms in total. The normalized spacial score (nSPS) is 24.7. The zero-order valence-electron chi connectivity index (χ0n) is 9.34. The Morgan fingerprint density at radius 1 is 1.41 bits per heavy atom. The van der Waals surface area contributed by atoms with Crippen molar-refractivity contribution in [3.05, 3.63) is 34.3 Å². The summed E-state index contributed by atoms with van der Waals surface area (Å²) in [4.78, 5) is 0. The zero-order valence-corrected chi connectivity index (χ0v) is 11.7. The molecule has 2 rings (SSSR count). The van der Waals surface area contributed by atoms with Crippen molar-refractivity contribution in [2.75, 3.05) is 11.5 Å². The molecule has 1 saturated heterocycles. The predicted octanol–water partition coefficient (Wildman–Crippen LogP) is 1.79. The van der Waals surface area contributed by atoms with E-state index in [0.717, 1.165) is 10.0 Å². The van der Waals surface area contributed by atoms with E-state index >= 15 is 0 Å². The number of benzene rings is 1. The molecule has 1 aromatic rings. The van der Waals surface area contributed by atoms with Gasteiger partial charge in [0.05, 0.1) is 17.6 Å². The van der Waals surface area contributed by atoms with E-state index < -0.39 is 15.9 Å². The van der Waals surface area contributed by atoms with Crippen LogP contribution >= 0.6 is 15.9 Å². The summed E-state index contributed by atoms with van der Waals surface area (Å²) in [7, 11) is -2.91. The number of hydrogen-bond acceptors (Lipinski definition) is 3. The molecule has 1 aromatic carbocycles. The van der Waals surface area contributed by atoms with E-state index in [0.29, 0.717) is 12.8 Å². The second-order valence-electron chi connectivity index (χ2n) is 4.53. The zero-order chi connectivity index (χ0) is 12.5. The highest BCUT2D eigenvalue weighted by atomic mass is 79.9. The van der Waals surface area contributed by atoms with Crippen LogP contribution in [0.25, 0.3) is 0 Å². The monoisotopic (exact) mass is 318 g/mol. The molecular formula is C12H15BrO3S. The molecule has 1 heterocycles. The number of aliphatic hydroxyl groups excluding tert-OH is 1. The van der Waals surface area contributed by atoms with E-state index in [2.05, 4.69) is 15.9 Å². The first kappa shape index (κ1) is 13.1. The molecule has 1 aliphatic rings. The second kappa shape index (κ2) is 5.08. The Labute approximate surface area is 110 Å². The summed E-state index contributed by atoms with van der Waals surface area (Å²) >= 11 is 3.43. The van der Waals surface area contributed by atoms with Gasteiger partial charge in [0.15, 0.2) is 9.84 Å². The number of halogens is 1. The minimum Gasteiger partial charge on any atom is -0.392 e. The lowest BCUT2D eigenvalue weighted by molar-refractivity contribution is 0.120. The van der Waals surface area contributed by atoms with Crippen molar-refractivity contribution in [3.8, 4) is 0 Å². The van der Waals surface area contributed by atoms with Crippen LogP contribution in [0.2, 0.25) is 0 Å². The molecule has 94 valence electrons. The van der Waals surface area contributed by atoms with Crippen LogP contribution in [0.4, 0.5) is 0 Å². The summed E-state index contributed by atoms with van der Waals surface area (Å²) in [6.07, 6.45) is 0.501. The van der Waals surface area contributed by atoms with Gasteiger partial charge in [0.1, 0.15) is 0 Å². The molecule has 2 unspecified atom stereocenters. The highest BCUT2D eigenvalue weighted by Gasteiger charge is 2.32. The molecule has 17 heavy (non-hydrogen) atoms. The van der Waals surface area contributed by atoms with Crippen LogP contribution in [-0.2, 0) is 16.3 Å². The first-order valence-electron chi connectivity index (χ1n) is 5.60. The van der Waals surface area contributed by atoms with Gasteiger partial charge in [-0.15, -0.1) is 0 Å². The van der Waals surface area contributed by atoms with Gasteiger partial charge in [0.2, 0.25) is 0 Å². The molecule has 1 fully saturated rings. The summed E-state index contributed by atoms with van der Waals surface area (Å²) in [5, 5.41) is 10.1. The van der Waals surface area contributed by atoms with Crippen molar-refractivity contribution < 1.29 is 13.5 Å². The van der Waals surface area contributed by atoms with Crippen LogP contribution in [0.5, 0.6) is 0 Å². The molecule has 2 atom stereocenters. The van der Waals surface area contributed by atoms with Crippen molar-refractivity contribution in [1.29, 1.82) is 0 Å². The van der Waals surface area contributed by atoms with E-state index in [9.17, 15) is 13.5 Å². The molecule has 0 aromatic heterocycles. The highest BCUT2D eigenvalue weighted by molar-refractivity contribution is 9.10. The summed E-state index contributed by atoms with van der Waals surface area (Å²) in [6.45, 7) is 0. The molecule has 0 amide bonds. The first-order chi connectivity index (χ1) is 7.98. The Balaban J connectivity index is 2.03. The standard InChI is InChI=1S/C12H15BrO3S/c13-11-4-2-1-3-9(11)7-12(14)10-5-6-17(15,16)8-10/h1-4,10,12,14H,5-8H2. The van der Waals surface area contributed by atoms with Crippen LogP contribution in [0.1, 0.15) is 12.0 Å². The third kappa shape index (κ3) is 3.30. The van der Waals surface area contributed by atoms with Crippen LogP contribution < -0.4 is 0 Å². The van der Waals surface area contributed by atoms with Gasteiger partial charge in [0.25, 0.3) is 0 Å². The Hall–Kier alpha value is -0.390. The lowest BCUT2D eigenvalue weighted by atomic mass is 9.96.